The summed E-state index contributed by atoms with van der Waals surface area (Å²) in [6.07, 6.45) is -0.716. The highest BCUT2D eigenvalue weighted by atomic mass is 16.5. The average Bonchev–Trinajstić information content (AvgIpc) is 3.11. The Balaban J connectivity index is 1.74. The van der Waals surface area contributed by atoms with Gasteiger partial charge in [0.05, 0.1) is 0 Å². The topological polar surface area (TPSA) is 99.2 Å². The van der Waals surface area contributed by atoms with Gasteiger partial charge in [0.2, 0.25) is 5.91 Å². The summed E-state index contributed by atoms with van der Waals surface area (Å²) in [6, 6.07) is 15.1. The number of hydrogen-bond acceptors (Lipinski definition) is 5. The number of nitrogens with zero attached hydrogens (tertiary/aromatic N) is 2. The third-order valence-electron chi connectivity index (χ3n) is 6.26. The number of carboxylic acids is 1. The van der Waals surface area contributed by atoms with E-state index in [1.54, 1.807) is 25.9 Å². The van der Waals surface area contributed by atoms with Crippen LogP contribution < -0.4 is 5.32 Å². The van der Waals surface area contributed by atoms with Gasteiger partial charge in [0.15, 0.2) is 0 Å². The van der Waals surface area contributed by atoms with Crippen LogP contribution in [0.2, 0.25) is 0 Å². The third-order valence-corrected chi connectivity index (χ3v) is 6.26. The van der Waals surface area contributed by atoms with Gasteiger partial charge in [-0.2, -0.15) is 0 Å². The summed E-state index contributed by atoms with van der Waals surface area (Å²) in [4.78, 5) is 40.8. The second-order valence-corrected chi connectivity index (χ2v) is 9.23. The smallest absolute Gasteiger partial charge is 0.407 e. The van der Waals surface area contributed by atoms with Crippen molar-refractivity contribution in [2.75, 3.05) is 33.8 Å². The van der Waals surface area contributed by atoms with Crippen molar-refractivity contribution in [1.29, 1.82) is 0 Å². The van der Waals surface area contributed by atoms with Gasteiger partial charge in [-0.3, -0.25) is 4.79 Å². The van der Waals surface area contributed by atoms with Crippen LogP contribution in [0.4, 0.5) is 4.79 Å². The summed E-state index contributed by atoms with van der Waals surface area (Å²) in [6.45, 7) is 5.17. The molecular formula is C26H33N3O5. The van der Waals surface area contributed by atoms with Crippen molar-refractivity contribution < 1.29 is 24.2 Å². The zero-order chi connectivity index (χ0) is 25.0. The van der Waals surface area contributed by atoms with E-state index < -0.39 is 29.6 Å². The lowest BCUT2D eigenvalue weighted by atomic mass is 9.98. The standard InChI is InChI=1S/C26H33N3O5/c1-6-29(26(2,3)24(31)32)23(30)22(15-28(4)5)27-25(33)34-16-21-19-13-9-7-11-17(19)18-12-8-10-14-20(18)21/h7-14,21-22H,6,15-16H2,1-5H3,(H,27,33)(H,31,32). The Bertz CT molecular complexity index is 1020. The van der Waals surface area contributed by atoms with Gasteiger partial charge in [-0.15, -0.1) is 0 Å². The maximum absolute atomic E-state index is 13.2. The van der Waals surface area contributed by atoms with Crippen molar-refractivity contribution in [3.05, 3.63) is 59.7 Å². The molecule has 8 nitrogen and oxygen atoms in total. The number of nitrogens with one attached hydrogen (secondary N) is 1. The molecule has 0 saturated heterocycles. The first-order chi connectivity index (χ1) is 16.1. The number of carboxylic acid groups (broad SMARTS) is 1. The molecule has 182 valence electrons. The largest absolute Gasteiger partial charge is 0.480 e. The Morgan fingerprint density at radius 1 is 1.03 bits per heavy atom. The Morgan fingerprint density at radius 2 is 1.56 bits per heavy atom. The molecule has 1 unspecified atom stereocenters. The summed E-state index contributed by atoms with van der Waals surface area (Å²) >= 11 is 0. The van der Waals surface area contributed by atoms with Gasteiger partial charge < -0.3 is 25.0 Å². The number of rotatable bonds is 9. The number of amides is 2. The summed E-state index contributed by atoms with van der Waals surface area (Å²) in [5, 5.41) is 12.2. The predicted octanol–water partition coefficient (Wildman–Crippen LogP) is 3.17. The van der Waals surface area contributed by atoms with Gasteiger partial charge in [-0.1, -0.05) is 48.5 Å². The molecule has 2 N–H and O–H groups in total. The van der Waals surface area contributed by atoms with E-state index in [9.17, 15) is 19.5 Å². The molecule has 8 heteroatoms. The normalized spacial score (nSPS) is 13.7. The van der Waals surface area contributed by atoms with Crippen LogP contribution in [-0.2, 0) is 14.3 Å². The van der Waals surface area contributed by atoms with Crippen LogP contribution in [0.5, 0.6) is 0 Å². The van der Waals surface area contributed by atoms with Crippen LogP contribution in [0, 0.1) is 0 Å². The van der Waals surface area contributed by atoms with Crippen LogP contribution in [0.25, 0.3) is 11.1 Å². The fraction of sp³-hybridized carbons (Fsp3) is 0.423. The van der Waals surface area contributed by atoms with Gasteiger partial charge in [0.1, 0.15) is 18.2 Å². The first kappa shape index (κ1) is 25.2. The molecule has 0 bridgehead atoms. The molecule has 34 heavy (non-hydrogen) atoms. The minimum Gasteiger partial charge on any atom is -0.480 e. The molecule has 1 aliphatic rings. The Hall–Kier alpha value is -3.39. The van der Waals surface area contributed by atoms with Crippen molar-refractivity contribution in [1.82, 2.24) is 15.1 Å². The molecule has 2 amide bonds. The van der Waals surface area contributed by atoms with Crippen molar-refractivity contribution in [3.63, 3.8) is 0 Å². The van der Waals surface area contributed by atoms with Gasteiger partial charge >= 0.3 is 12.1 Å². The summed E-state index contributed by atoms with van der Waals surface area (Å²) in [5.41, 5.74) is 3.03. The Labute approximate surface area is 200 Å². The number of alkyl carbamates (subject to hydrolysis) is 1. The van der Waals surface area contributed by atoms with Gasteiger partial charge in [0.25, 0.3) is 0 Å². The predicted molar refractivity (Wildman–Crippen MR) is 130 cm³/mol. The second kappa shape index (κ2) is 10.3. The van der Waals surface area contributed by atoms with Crippen molar-refractivity contribution in [2.45, 2.75) is 38.3 Å². The monoisotopic (exact) mass is 467 g/mol. The molecule has 0 aromatic heterocycles. The third kappa shape index (κ3) is 5.07. The summed E-state index contributed by atoms with van der Waals surface area (Å²) in [7, 11) is 3.55. The number of ether oxygens (including phenoxy) is 1. The molecule has 3 rings (SSSR count). The molecule has 1 aliphatic carbocycles. The molecule has 0 saturated carbocycles. The number of aliphatic carboxylic acids is 1. The number of hydrogen-bond donors (Lipinski definition) is 2. The summed E-state index contributed by atoms with van der Waals surface area (Å²) < 4.78 is 5.59. The molecular weight excluding hydrogens is 434 g/mol. The average molecular weight is 468 g/mol. The molecule has 1 atom stereocenters. The van der Waals surface area contributed by atoms with Crippen LogP contribution in [0.15, 0.2) is 48.5 Å². The Kier molecular flexibility index (Phi) is 7.61. The molecule has 0 fully saturated rings. The molecule has 2 aromatic carbocycles. The van der Waals surface area contributed by atoms with E-state index >= 15 is 0 Å². The van der Waals surface area contributed by atoms with Gasteiger partial charge in [-0.25, -0.2) is 9.59 Å². The van der Waals surface area contributed by atoms with E-state index in [1.165, 1.54) is 18.7 Å². The highest BCUT2D eigenvalue weighted by Gasteiger charge is 2.40. The zero-order valence-corrected chi connectivity index (χ0v) is 20.4. The molecule has 0 spiro atoms. The van der Waals surface area contributed by atoms with Gasteiger partial charge in [-0.05, 0) is 57.1 Å². The quantitative estimate of drug-likeness (QED) is 0.588. The van der Waals surface area contributed by atoms with Crippen LogP contribution in [0.3, 0.4) is 0 Å². The van der Waals surface area contributed by atoms with E-state index in [2.05, 4.69) is 17.4 Å². The highest BCUT2D eigenvalue weighted by molar-refractivity contribution is 5.91. The number of carbonyl (C=O) groups is 3. The van der Waals surface area contributed by atoms with E-state index in [1.807, 2.05) is 36.4 Å². The summed E-state index contributed by atoms with van der Waals surface area (Å²) in [5.74, 6) is -1.69. The first-order valence-electron chi connectivity index (χ1n) is 11.4. The fourth-order valence-corrected chi connectivity index (χ4v) is 4.46. The second-order valence-electron chi connectivity index (χ2n) is 9.23. The first-order valence-corrected chi connectivity index (χ1v) is 11.4. The van der Waals surface area contributed by atoms with E-state index in [0.29, 0.717) is 0 Å². The maximum atomic E-state index is 13.2. The van der Waals surface area contributed by atoms with E-state index in [-0.39, 0.29) is 25.6 Å². The maximum Gasteiger partial charge on any atom is 0.407 e. The number of fused-ring (bicyclic) bond motifs is 3. The van der Waals surface area contributed by atoms with Gasteiger partial charge in [0, 0.05) is 19.0 Å². The van der Waals surface area contributed by atoms with Crippen molar-refractivity contribution in [2.24, 2.45) is 0 Å². The molecule has 0 aliphatic heterocycles. The number of likely N-dealkylation sites (N-methyl/N-ethyl adjacent to an activating group) is 2. The number of carbonyl (C=O) groups excluding carboxylic acids is 2. The molecule has 0 heterocycles. The van der Waals surface area contributed by atoms with E-state index in [0.717, 1.165) is 22.3 Å². The lowest BCUT2D eigenvalue weighted by Crippen LogP contribution is -2.60. The SMILES string of the molecule is CCN(C(=O)C(CN(C)C)NC(=O)OCC1c2ccccc2-c2ccccc21)C(C)(C)C(=O)O. The van der Waals surface area contributed by atoms with Crippen molar-refractivity contribution >= 4 is 18.0 Å². The lowest BCUT2D eigenvalue weighted by Gasteiger charge is -2.37. The minimum atomic E-state index is -1.42. The zero-order valence-electron chi connectivity index (χ0n) is 20.4. The number of benzene rings is 2. The lowest BCUT2D eigenvalue weighted by molar-refractivity contribution is -0.157. The van der Waals surface area contributed by atoms with Crippen LogP contribution >= 0.6 is 0 Å². The molecule has 0 radical (unpaired) electrons. The molecule has 2 aromatic rings. The minimum absolute atomic E-state index is 0.0979. The van der Waals surface area contributed by atoms with E-state index in [4.69, 9.17) is 4.74 Å². The Morgan fingerprint density at radius 3 is 2.03 bits per heavy atom. The van der Waals surface area contributed by atoms with Crippen molar-refractivity contribution in [3.8, 4) is 11.1 Å². The van der Waals surface area contributed by atoms with Crippen LogP contribution in [0.1, 0.15) is 37.8 Å². The fourth-order valence-electron chi connectivity index (χ4n) is 4.46. The highest BCUT2D eigenvalue weighted by Crippen LogP contribution is 2.44. The van der Waals surface area contributed by atoms with Crippen LogP contribution in [-0.4, -0.2) is 78.2 Å².